The second kappa shape index (κ2) is 16.5. The van der Waals surface area contributed by atoms with Crippen LogP contribution in [0.25, 0.3) is 0 Å². The van der Waals surface area contributed by atoms with Gasteiger partial charge in [-0.25, -0.2) is 0 Å². The fourth-order valence-corrected chi connectivity index (χ4v) is 2.53. The van der Waals surface area contributed by atoms with Gasteiger partial charge in [0.1, 0.15) is 17.6 Å². The van der Waals surface area contributed by atoms with E-state index >= 15 is 0 Å². The standard InChI is InChI=1S/C14H18O2.C14H16O2/c2*1-3-4-5-6-7-14(15)12-8-10-13(16-2)11-9-12/h8-11,14-15H,3-5H2,1-2H3;8-11H,3-5H2,1-2H3. The van der Waals surface area contributed by atoms with Crippen LogP contribution in [-0.2, 0) is 0 Å². The summed E-state index contributed by atoms with van der Waals surface area (Å²) in [6.45, 7) is 4.23. The molecule has 0 aliphatic rings. The highest BCUT2D eigenvalue weighted by Gasteiger charge is 2.03. The molecule has 0 radical (unpaired) electrons. The number of Topliss-reactive ketones (excluding diaryl/α,β-unsaturated/α-hetero) is 1. The lowest BCUT2D eigenvalue weighted by Crippen LogP contribution is -1.94. The molecule has 4 nitrogen and oxygen atoms in total. The first-order valence-corrected chi connectivity index (χ1v) is 11.0. The van der Waals surface area contributed by atoms with E-state index in [1.807, 2.05) is 24.3 Å². The highest BCUT2D eigenvalue weighted by atomic mass is 16.5. The Morgan fingerprint density at radius 2 is 1.34 bits per heavy atom. The number of methoxy groups -OCH3 is 2. The normalized spacial score (nSPS) is 10.3. The van der Waals surface area contributed by atoms with Gasteiger partial charge in [0.25, 0.3) is 0 Å². The molecule has 2 aromatic rings. The number of aliphatic hydroxyl groups is 1. The van der Waals surface area contributed by atoms with Crippen molar-refractivity contribution in [2.24, 2.45) is 0 Å². The Morgan fingerprint density at radius 1 is 0.844 bits per heavy atom. The van der Waals surface area contributed by atoms with Crippen molar-refractivity contribution >= 4 is 5.78 Å². The maximum Gasteiger partial charge on any atom is 0.235 e. The number of unbranched alkanes of at least 4 members (excludes halogenated alkanes) is 4. The fraction of sp³-hybridized carbons (Fsp3) is 0.393. The average molecular weight is 435 g/mol. The van der Waals surface area contributed by atoms with Crippen molar-refractivity contribution in [1.82, 2.24) is 0 Å². The Balaban J connectivity index is 0.000000320. The lowest BCUT2D eigenvalue weighted by atomic mass is 10.1. The van der Waals surface area contributed by atoms with Crippen LogP contribution in [0.2, 0.25) is 0 Å². The number of carbonyl (C=O) groups is 1. The van der Waals surface area contributed by atoms with E-state index in [9.17, 15) is 9.90 Å². The van der Waals surface area contributed by atoms with Gasteiger partial charge in [0.2, 0.25) is 5.78 Å². The van der Waals surface area contributed by atoms with Gasteiger partial charge in [-0.3, -0.25) is 4.79 Å². The van der Waals surface area contributed by atoms with Gasteiger partial charge in [0.05, 0.1) is 14.2 Å². The summed E-state index contributed by atoms with van der Waals surface area (Å²) < 4.78 is 10.1. The quantitative estimate of drug-likeness (QED) is 0.240. The molecule has 170 valence electrons. The van der Waals surface area contributed by atoms with E-state index in [1.54, 1.807) is 38.5 Å². The van der Waals surface area contributed by atoms with Crippen molar-refractivity contribution in [3.05, 3.63) is 59.7 Å². The van der Waals surface area contributed by atoms with Crippen LogP contribution in [-0.4, -0.2) is 25.1 Å². The maximum atomic E-state index is 11.6. The Morgan fingerprint density at radius 3 is 1.84 bits per heavy atom. The third kappa shape index (κ3) is 10.7. The zero-order valence-corrected chi connectivity index (χ0v) is 19.6. The number of ketones is 1. The molecular weight excluding hydrogens is 400 g/mol. The molecule has 0 amide bonds. The summed E-state index contributed by atoms with van der Waals surface area (Å²) in [5.74, 6) is 12.7. The van der Waals surface area contributed by atoms with E-state index in [2.05, 4.69) is 37.5 Å². The molecule has 0 bridgehead atoms. The molecular formula is C28H34O4. The second-order valence-electron chi connectivity index (χ2n) is 7.06. The number of rotatable bonds is 8. The molecule has 0 heterocycles. The Labute approximate surface area is 193 Å². The summed E-state index contributed by atoms with van der Waals surface area (Å²) >= 11 is 0. The average Bonchev–Trinajstić information content (AvgIpc) is 2.84. The molecule has 0 spiro atoms. The molecule has 0 aromatic heterocycles. The Hall–Kier alpha value is -3.21. The van der Waals surface area contributed by atoms with Gasteiger partial charge in [-0.1, -0.05) is 50.7 Å². The SMILES string of the molecule is CCCCC#CC(=O)c1ccc(OC)cc1.CCCCC#CC(O)c1ccc(OC)cc1. The van der Waals surface area contributed by atoms with Gasteiger partial charge in [-0.15, -0.1) is 5.92 Å². The molecule has 0 aliphatic heterocycles. The monoisotopic (exact) mass is 434 g/mol. The first-order chi connectivity index (χ1) is 15.5. The summed E-state index contributed by atoms with van der Waals surface area (Å²) in [6, 6.07) is 14.3. The van der Waals surface area contributed by atoms with E-state index in [0.29, 0.717) is 5.56 Å². The van der Waals surface area contributed by atoms with Crippen molar-refractivity contribution in [3.63, 3.8) is 0 Å². The summed E-state index contributed by atoms with van der Waals surface area (Å²) in [6.07, 6.45) is 5.31. The number of hydrogen-bond acceptors (Lipinski definition) is 4. The predicted octanol–water partition coefficient (Wildman–Crippen LogP) is 5.99. The van der Waals surface area contributed by atoms with Gasteiger partial charge in [0, 0.05) is 18.4 Å². The van der Waals surface area contributed by atoms with Crippen molar-refractivity contribution in [2.45, 2.75) is 58.5 Å². The van der Waals surface area contributed by atoms with Crippen molar-refractivity contribution in [1.29, 1.82) is 0 Å². The van der Waals surface area contributed by atoms with E-state index in [4.69, 9.17) is 9.47 Å². The summed E-state index contributed by atoms with van der Waals surface area (Å²) in [5, 5.41) is 9.77. The second-order valence-corrected chi connectivity index (χ2v) is 7.06. The van der Waals surface area contributed by atoms with E-state index in [0.717, 1.165) is 55.6 Å². The number of carbonyl (C=O) groups excluding carboxylic acids is 1. The summed E-state index contributed by atoms with van der Waals surface area (Å²) in [7, 11) is 3.22. The third-order valence-electron chi connectivity index (χ3n) is 4.54. The van der Waals surface area contributed by atoms with E-state index < -0.39 is 6.10 Å². The molecule has 0 aliphatic carbocycles. The van der Waals surface area contributed by atoms with E-state index in [-0.39, 0.29) is 5.78 Å². The number of benzene rings is 2. The molecule has 1 atom stereocenters. The van der Waals surface area contributed by atoms with Crippen LogP contribution >= 0.6 is 0 Å². The minimum atomic E-state index is -0.692. The lowest BCUT2D eigenvalue weighted by Gasteiger charge is -2.04. The van der Waals surface area contributed by atoms with Gasteiger partial charge in [-0.05, 0) is 60.7 Å². The largest absolute Gasteiger partial charge is 0.497 e. The number of aliphatic hydroxyl groups excluding tert-OH is 1. The van der Waals surface area contributed by atoms with Crippen molar-refractivity contribution < 1.29 is 19.4 Å². The first kappa shape index (κ1) is 26.8. The van der Waals surface area contributed by atoms with Crippen LogP contribution in [0.15, 0.2) is 48.5 Å². The molecule has 1 N–H and O–H groups in total. The Bertz CT molecular complexity index is 906. The van der Waals surface area contributed by atoms with Crippen LogP contribution in [0.5, 0.6) is 11.5 Å². The topological polar surface area (TPSA) is 55.8 Å². The minimum absolute atomic E-state index is 0.126. The van der Waals surface area contributed by atoms with Gasteiger partial charge >= 0.3 is 0 Å². The molecule has 32 heavy (non-hydrogen) atoms. The van der Waals surface area contributed by atoms with Crippen LogP contribution < -0.4 is 9.47 Å². The maximum absolute atomic E-state index is 11.6. The van der Waals surface area contributed by atoms with Gasteiger partial charge in [-0.2, -0.15) is 0 Å². The number of ether oxygens (including phenoxy) is 2. The molecule has 2 aromatic carbocycles. The molecule has 0 saturated heterocycles. The molecule has 4 heteroatoms. The third-order valence-corrected chi connectivity index (χ3v) is 4.54. The summed E-state index contributed by atoms with van der Waals surface area (Å²) in [4.78, 5) is 11.6. The predicted molar refractivity (Wildman–Crippen MR) is 130 cm³/mol. The highest BCUT2D eigenvalue weighted by molar-refractivity contribution is 6.09. The molecule has 2 rings (SSSR count). The number of hydrogen-bond donors (Lipinski definition) is 1. The summed E-state index contributed by atoms with van der Waals surface area (Å²) in [5.41, 5.74) is 1.43. The Kier molecular flexibility index (Phi) is 13.8. The zero-order valence-electron chi connectivity index (χ0n) is 19.6. The lowest BCUT2D eigenvalue weighted by molar-refractivity contribution is 0.105. The fourth-order valence-electron chi connectivity index (χ4n) is 2.53. The minimum Gasteiger partial charge on any atom is -0.497 e. The van der Waals surface area contributed by atoms with Gasteiger partial charge < -0.3 is 14.6 Å². The van der Waals surface area contributed by atoms with E-state index in [1.165, 1.54) is 0 Å². The zero-order chi connectivity index (χ0) is 23.6. The first-order valence-electron chi connectivity index (χ1n) is 11.0. The van der Waals surface area contributed by atoms with Crippen LogP contribution in [0.1, 0.15) is 74.4 Å². The molecule has 0 fully saturated rings. The van der Waals surface area contributed by atoms with Crippen molar-refractivity contribution in [3.8, 4) is 35.2 Å². The smallest absolute Gasteiger partial charge is 0.235 e. The van der Waals surface area contributed by atoms with Crippen LogP contribution in [0, 0.1) is 23.7 Å². The van der Waals surface area contributed by atoms with Gasteiger partial charge in [0.15, 0.2) is 0 Å². The van der Waals surface area contributed by atoms with Crippen LogP contribution in [0.3, 0.4) is 0 Å². The van der Waals surface area contributed by atoms with Crippen molar-refractivity contribution in [2.75, 3.05) is 14.2 Å². The molecule has 0 saturated carbocycles. The van der Waals surface area contributed by atoms with Crippen LogP contribution in [0.4, 0.5) is 0 Å². The highest BCUT2D eigenvalue weighted by Crippen LogP contribution is 2.17. The molecule has 1 unspecified atom stereocenters.